The third kappa shape index (κ3) is 4.24. The molecule has 2 aromatic rings. The van der Waals surface area contributed by atoms with Crippen molar-refractivity contribution in [3.8, 4) is 0 Å². The second-order valence-corrected chi connectivity index (χ2v) is 6.18. The van der Waals surface area contributed by atoms with Crippen molar-refractivity contribution in [2.45, 2.75) is 25.4 Å². The van der Waals surface area contributed by atoms with Gasteiger partial charge in [0.15, 0.2) is 5.03 Å². The van der Waals surface area contributed by atoms with Crippen molar-refractivity contribution in [2.75, 3.05) is 11.3 Å². The molecule has 0 aliphatic heterocycles. The van der Waals surface area contributed by atoms with Crippen LogP contribution in [0.5, 0.6) is 0 Å². The normalized spacial score (nSPS) is 11.3. The van der Waals surface area contributed by atoms with Crippen LogP contribution in [0.3, 0.4) is 0 Å². The van der Waals surface area contributed by atoms with Crippen LogP contribution in [-0.2, 0) is 16.6 Å². The fourth-order valence-electron chi connectivity index (χ4n) is 1.73. The number of aryl methyl sites for hydroxylation is 1. The van der Waals surface area contributed by atoms with Gasteiger partial charge in [0, 0.05) is 18.4 Å². The van der Waals surface area contributed by atoms with Crippen molar-refractivity contribution in [2.24, 2.45) is 0 Å². The fourth-order valence-corrected chi connectivity index (χ4v) is 2.67. The summed E-state index contributed by atoms with van der Waals surface area (Å²) >= 11 is 0. The topological polar surface area (TPSA) is 84.0 Å². The van der Waals surface area contributed by atoms with E-state index >= 15 is 0 Å². The van der Waals surface area contributed by atoms with Crippen molar-refractivity contribution in [3.05, 3.63) is 47.8 Å². The van der Waals surface area contributed by atoms with Crippen LogP contribution in [0.15, 0.2) is 41.6 Å². The molecule has 0 aliphatic rings. The molecule has 2 heterocycles. The second kappa shape index (κ2) is 6.64. The van der Waals surface area contributed by atoms with Gasteiger partial charge in [0.1, 0.15) is 5.82 Å². The Kier molecular flexibility index (Phi) is 4.87. The number of hydrogen-bond acceptors (Lipinski definition) is 5. The average Bonchev–Trinajstić information content (AvgIpc) is 2.45. The Hall–Kier alpha value is -1.99. The predicted octanol–water partition coefficient (Wildman–Crippen LogP) is 1.70. The zero-order valence-electron chi connectivity index (χ0n) is 12.0. The molecule has 0 aromatic carbocycles. The van der Waals surface area contributed by atoms with Gasteiger partial charge in [-0.05, 0) is 37.2 Å². The van der Waals surface area contributed by atoms with E-state index < -0.39 is 10.0 Å². The van der Waals surface area contributed by atoms with Gasteiger partial charge in [-0.2, -0.15) is 8.42 Å². The molecule has 0 unspecified atom stereocenters. The van der Waals surface area contributed by atoms with E-state index in [1.165, 1.54) is 6.07 Å². The van der Waals surface area contributed by atoms with Gasteiger partial charge in [-0.15, -0.1) is 0 Å². The summed E-state index contributed by atoms with van der Waals surface area (Å²) in [5, 5.41) is 3.13. The lowest BCUT2D eigenvalue weighted by Crippen LogP contribution is -2.16. The van der Waals surface area contributed by atoms with Gasteiger partial charge >= 0.3 is 0 Å². The third-order valence-corrected chi connectivity index (χ3v) is 4.05. The minimum atomic E-state index is -3.71. The Bertz CT molecular complexity index is 699. The molecular formula is C14H18N4O2S. The lowest BCUT2D eigenvalue weighted by Gasteiger charge is -2.08. The maximum absolute atomic E-state index is 12.2. The van der Waals surface area contributed by atoms with Gasteiger partial charge in [-0.1, -0.05) is 19.1 Å². The number of rotatable bonds is 6. The average molecular weight is 306 g/mol. The van der Waals surface area contributed by atoms with E-state index in [2.05, 4.69) is 20.0 Å². The monoisotopic (exact) mass is 306 g/mol. The number of aromatic nitrogens is 2. The quantitative estimate of drug-likeness (QED) is 0.848. The molecule has 0 fully saturated rings. The summed E-state index contributed by atoms with van der Waals surface area (Å²) in [7, 11) is -3.71. The number of nitrogens with one attached hydrogen (secondary N) is 2. The zero-order chi connectivity index (χ0) is 15.3. The number of nitrogens with zero attached hydrogens (tertiary/aromatic N) is 2. The van der Waals surface area contributed by atoms with Gasteiger partial charge in [-0.3, -0.25) is 4.72 Å². The van der Waals surface area contributed by atoms with Crippen molar-refractivity contribution in [3.63, 3.8) is 0 Å². The molecule has 112 valence electrons. The fraction of sp³-hybridized carbons (Fsp3) is 0.286. The van der Waals surface area contributed by atoms with E-state index in [4.69, 9.17) is 0 Å². The Morgan fingerprint density at radius 1 is 1.19 bits per heavy atom. The van der Waals surface area contributed by atoms with Crippen molar-refractivity contribution < 1.29 is 8.42 Å². The maximum Gasteiger partial charge on any atom is 0.280 e. The summed E-state index contributed by atoms with van der Waals surface area (Å²) in [5.74, 6) is 0.286. The first-order valence-corrected chi connectivity index (χ1v) is 8.11. The van der Waals surface area contributed by atoms with Crippen LogP contribution in [-0.4, -0.2) is 24.9 Å². The second-order valence-electron chi connectivity index (χ2n) is 4.55. The SMILES string of the molecule is CCNCc1ccc(S(=O)(=O)Nc2cccc(C)n2)nc1. The summed E-state index contributed by atoms with van der Waals surface area (Å²) < 4.78 is 26.8. The highest BCUT2D eigenvalue weighted by atomic mass is 32.2. The third-order valence-electron chi connectivity index (χ3n) is 2.78. The summed E-state index contributed by atoms with van der Waals surface area (Å²) in [4.78, 5) is 8.12. The summed E-state index contributed by atoms with van der Waals surface area (Å²) in [5.41, 5.74) is 1.67. The Balaban J connectivity index is 2.15. The van der Waals surface area contributed by atoms with Crippen molar-refractivity contribution in [1.82, 2.24) is 15.3 Å². The van der Waals surface area contributed by atoms with Crippen LogP contribution < -0.4 is 10.0 Å². The molecule has 0 saturated carbocycles. The van der Waals surface area contributed by atoms with Crippen molar-refractivity contribution >= 4 is 15.8 Å². The first-order chi connectivity index (χ1) is 10.0. The summed E-state index contributed by atoms with van der Waals surface area (Å²) in [6.45, 7) is 5.31. The summed E-state index contributed by atoms with van der Waals surface area (Å²) in [6.07, 6.45) is 1.56. The number of anilines is 1. The molecule has 0 amide bonds. The standard InChI is InChI=1S/C14H18N4O2S/c1-3-15-9-12-7-8-14(16-10-12)21(19,20)18-13-6-4-5-11(2)17-13/h4-8,10,15H,3,9H2,1-2H3,(H,17,18). The van der Waals surface area contributed by atoms with E-state index in [1.54, 1.807) is 37.4 Å². The van der Waals surface area contributed by atoms with Crippen molar-refractivity contribution in [1.29, 1.82) is 0 Å². The Labute approximate surface area is 124 Å². The van der Waals surface area contributed by atoms with Gasteiger partial charge in [-0.25, -0.2) is 9.97 Å². The molecular weight excluding hydrogens is 288 g/mol. The van der Waals surface area contributed by atoms with E-state index in [0.29, 0.717) is 6.54 Å². The molecule has 0 aliphatic carbocycles. The molecule has 7 heteroatoms. The van der Waals surface area contributed by atoms with E-state index in [-0.39, 0.29) is 10.8 Å². The first kappa shape index (κ1) is 15.4. The van der Waals surface area contributed by atoms with Crippen LogP contribution in [0.2, 0.25) is 0 Å². The zero-order valence-corrected chi connectivity index (χ0v) is 12.8. The Morgan fingerprint density at radius 2 is 2.00 bits per heavy atom. The van der Waals surface area contributed by atoms with E-state index in [0.717, 1.165) is 17.8 Å². The number of sulfonamides is 1. The van der Waals surface area contributed by atoms with Gasteiger partial charge in [0.2, 0.25) is 0 Å². The van der Waals surface area contributed by atoms with Gasteiger partial charge in [0.05, 0.1) is 0 Å². The highest BCUT2D eigenvalue weighted by Crippen LogP contribution is 2.13. The lowest BCUT2D eigenvalue weighted by atomic mass is 10.3. The minimum Gasteiger partial charge on any atom is -0.313 e. The van der Waals surface area contributed by atoms with Crippen LogP contribution in [0.4, 0.5) is 5.82 Å². The van der Waals surface area contributed by atoms with Crippen LogP contribution in [0.25, 0.3) is 0 Å². The molecule has 2 rings (SSSR count). The molecule has 0 radical (unpaired) electrons. The van der Waals surface area contributed by atoms with E-state index in [9.17, 15) is 8.42 Å². The molecule has 0 spiro atoms. The largest absolute Gasteiger partial charge is 0.313 e. The summed E-state index contributed by atoms with van der Waals surface area (Å²) in [6, 6.07) is 8.38. The maximum atomic E-state index is 12.2. The predicted molar refractivity (Wildman–Crippen MR) is 81.4 cm³/mol. The first-order valence-electron chi connectivity index (χ1n) is 6.63. The lowest BCUT2D eigenvalue weighted by molar-refractivity contribution is 0.597. The molecule has 0 atom stereocenters. The van der Waals surface area contributed by atoms with Gasteiger partial charge in [0.25, 0.3) is 10.0 Å². The van der Waals surface area contributed by atoms with Crippen LogP contribution in [0.1, 0.15) is 18.2 Å². The van der Waals surface area contributed by atoms with Crippen LogP contribution >= 0.6 is 0 Å². The Morgan fingerprint density at radius 3 is 2.62 bits per heavy atom. The molecule has 2 aromatic heterocycles. The molecule has 0 saturated heterocycles. The molecule has 2 N–H and O–H groups in total. The number of hydrogen-bond donors (Lipinski definition) is 2. The molecule has 0 bridgehead atoms. The molecule has 21 heavy (non-hydrogen) atoms. The highest BCUT2D eigenvalue weighted by Gasteiger charge is 2.16. The minimum absolute atomic E-state index is 0.0222. The molecule has 6 nitrogen and oxygen atoms in total. The highest BCUT2D eigenvalue weighted by molar-refractivity contribution is 7.92. The number of pyridine rings is 2. The van der Waals surface area contributed by atoms with E-state index in [1.807, 2.05) is 6.92 Å². The van der Waals surface area contributed by atoms with Gasteiger partial charge < -0.3 is 5.32 Å². The van der Waals surface area contributed by atoms with Crippen LogP contribution in [0, 0.1) is 6.92 Å². The smallest absolute Gasteiger partial charge is 0.280 e.